The van der Waals surface area contributed by atoms with E-state index in [0.717, 1.165) is 0 Å². The highest BCUT2D eigenvalue weighted by atomic mass is 16.6. The van der Waals surface area contributed by atoms with Crippen molar-refractivity contribution < 1.29 is 14.3 Å². The Morgan fingerprint density at radius 3 is 2.27 bits per heavy atom. The van der Waals surface area contributed by atoms with Gasteiger partial charge in [-0.05, 0) is 34.1 Å². The van der Waals surface area contributed by atoms with Gasteiger partial charge in [0.05, 0.1) is 6.07 Å². The molecule has 0 aliphatic rings. The van der Waals surface area contributed by atoms with Gasteiger partial charge in [-0.25, -0.2) is 0 Å². The van der Waals surface area contributed by atoms with Crippen LogP contribution in [-0.4, -0.2) is 17.9 Å². The molecule has 0 saturated heterocycles. The number of nitrogens with zero attached hydrogens (tertiary/aromatic N) is 1. The molecule has 0 aromatic carbocycles. The maximum atomic E-state index is 11.7. The highest BCUT2D eigenvalue weighted by Gasteiger charge is 2.36. The first kappa shape index (κ1) is 13.6. The minimum Gasteiger partial charge on any atom is -0.459 e. The third-order valence-electron chi connectivity index (χ3n) is 1.86. The van der Waals surface area contributed by atoms with Gasteiger partial charge in [0.25, 0.3) is 0 Å². The fraction of sp³-hybridized carbons (Fsp3) is 0.727. The van der Waals surface area contributed by atoms with E-state index in [0.29, 0.717) is 6.29 Å². The zero-order chi connectivity index (χ0) is 12.1. The molecule has 0 bridgehead atoms. The van der Waals surface area contributed by atoms with Crippen molar-refractivity contribution >= 4 is 12.3 Å². The predicted octanol–water partition coefficient (Wildman–Crippen LogP) is 1.84. The summed E-state index contributed by atoms with van der Waals surface area (Å²) in [6.07, 6.45) is 1.07. The van der Waals surface area contributed by atoms with Crippen LogP contribution in [0, 0.1) is 16.7 Å². The van der Waals surface area contributed by atoms with Crippen molar-refractivity contribution in [2.45, 2.75) is 46.1 Å². The van der Waals surface area contributed by atoms with Gasteiger partial charge in [-0.2, -0.15) is 5.26 Å². The number of hydrogen-bond acceptors (Lipinski definition) is 4. The molecule has 1 atom stereocenters. The number of carbonyl (C=O) groups is 2. The highest BCUT2D eigenvalue weighted by Crippen LogP contribution is 2.26. The summed E-state index contributed by atoms with van der Waals surface area (Å²) in [6, 6.07) is 1.90. The second-order valence-electron chi connectivity index (χ2n) is 4.65. The quantitative estimate of drug-likeness (QED) is 0.525. The summed E-state index contributed by atoms with van der Waals surface area (Å²) < 4.78 is 5.11. The molecule has 15 heavy (non-hydrogen) atoms. The van der Waals surface area contributed by atoms with E-state index in [2.05, 4.69) is 0 Å². The first-order valence-electron chi connectivity index (χ1n) is 4.83. The standard InChI is InChI=1S/C11H17NO3/c1-10(2,3)15-9(14)11(4,8-12)6-5-7-13/h7H,5-6H2,1-4H3. The molecular weight excluding hydrogens is 194 g/mol. The molecule has 4 nitrogen and oxygen atoms in total. The molecule has 0 amide bonds. The molecule has 0 radical (unpaired) electrons. The topological polar surface area (TPSA) is 67.2 Å². The summed E-state index contributed by atoms with van der Waals surface area (Å²) in [7, 11) is 0. The summed E-state index contributed by atoms with van der Waals surface area (Å²) >= 11 is 0. The van der Waals surface area contributed by atoms with Gasteiger partial charge in [-0.3, -0.25) is 4.79 Å². The lowest BCUT2D eigenvalue weighted by Gasteiger charge is -2.26. The Balaban J connectivity index is 4.60. The summed E-state index contributed by atoms with van der Waals surface area (Å²) in [4.78, 5) is 21.9. The van der Waals surface area contributed by atoms with E-state index in [-0.39, 0.29) is 12.8 Å². The average molecular weight is 211 g/mol. The van der Waals surface area contributed by atoms with Crippen LogP contribution in [-0.2, 0) is 14.3 Å². The third kappa shape index (κ3) is 4.59. The fourth-order valence-corrected chi connectivity index (χ4v) is 0.942. The molecule has 1 unspecified atom stereocenters. The van der Waals surface area contributed by atoms with Gasteiger partial charge in [0.15, 0.2) is 5.41 Å². The van der Waals surface area contributed by atoms with Crippen molar-refractivity contribution in [3.63, 3.8) is 0 Å². The minimum atomic E-state index is -1.23. The Morgan fingerprint density at radius 1 is 1.40 bits per heavy atom. The summed E-state index contributed by atoms with van der Waals surface area (Å²) in [5.41, 5.74) is -1.84. The number of esters is 1. The summed E-state index contributed by atoms with van der Waals surface area (Å²) in [5.74, 6) is -0.570. The highest BCUT2D eigenvalue weighted by molar-refractivity contribution is 5.80. The number of rotatable bonds is 4. The van der Waals surface area contributed by atoms with Crippen LogP contribution >= 0.6 is 0 Å². The van der Waals surface area contributed by atoms with Crippen molar-refractivity contribution in [1.29, 1.82) is 5.26 Å². The zero-order valence-electron chi connectivity index (χ0n) is 9.66. The molecule has 0 N–H and O–H groups in total. The molecule has 4 heteroatoms. The maximum absolute atomic E-state index is 11.7. The van der Waals surface area contributed by atoms with E-state index in [1.807, 2.05) is 6.07 Å². The molecule has 0 spiro atoms. The van der Waals surface area contributed by atoms with Crippen LogP contribution in [0.1, 0.15) is 40.5 Å². The van der Waals surface area contributed by atoms with Crippen LogP contribution < -0.4 is 0 Å². The van der Waals surface area contributed by atoms with Crippen molar-refractivity contribution in [2.75, 3.05) is 0 Å². The monoisotopic (exact) mass is 211 g/mol. The smallest absolute Gasteiger partial charge is 0.326 e. The van der Waals surface area contributed by atoms with E-state index in [1.165, 1.54) is 6.92 Å². The maximum Gasteiger partial charge on any atom is 0.326 e. The lowest BCUT2D eigenvalue weighted by atomic mass is 9.87. The Labute approximate surface area is 90.2 Å². The zero-order valence-corrected chi connectivity index (χ0v) is 9.66. The Bertz CT molecular complexity index is 285. The van der Waals surface area contributed by atoms with Crippen LogP contribution in [0.25, 0.3) is 0 Å². The minimum absolute atomic E-state index is 0.184. The van der Waals surface area contributed by atoms with E-state index in [9.17, 15) is 9.59 Å². The van der Waals surface area contributed by atoms with Crippen LogP contribution in [0.15, 0.2) is 0 Å². The first-order chi connectivity index (χ1) is 6.75. The molecular formula is C11H17NO3. The van der Waals surface area contributed by atoms with Gasteiger partial charge < -0.3 is 9.53 Å². The van der Waals surface area contributed by atoms with Gasteiger partial charge in [0.1, 0.15) is 11.9 Å². The van der Waals surface area contributed by atoms with E-state index in [1.54, 1.807) is 20.8 Å². The third-order valence-corrected chi connectivity index (χ3v) is 1.86. The van der Waals surface area contributed by atoms with Gasteiger partial charge >= 0.3 is 5.97 Å². The fourth-order valence-electron chi connectivity index (χ4n) is 0.942. The molecule has 0 saturated carbocycles. The second-order valence-corrected chi connectivity index (χ2v) is 4.65. The van der Waals surface area contributed by atoms with Gasteiger partial charge in [0, 0.05) is 6.42 Å². The van der Waals surface area contributed by atoms with Crippen molar-refractivity contribution in [1.82, 2.24) is 0 Å². The molecule has 0 aromatic heterocycles. The number of nitriles is 1. The normalized spacial score (nSPS) is 14.9. The lowest BCUT2D eigenvalue weighted by Crippen LogP contribution is -2.35. The average Bonchev–Trinajstić information content (AvgIpc) is 2.11. The Hall–Kier alpha value is -1.37. The molecule has 0 aliphatic carbocycles. The van der Waals surface area contributed by atoms with Crippen molar-refractivity contribution in [2.24, 2.45) is 5.41 Å². The van der Waals surface area contributed by atoms with E-state index < -0.39 is 17.0 Å². The van der Waals surface area contributed by atoms with E-state index >= 15 is 0 Å². The lowest BCUT2D eigenvalue weighted by molar-refractivity contribution is -0.163. The van der Waals surface area contributed by atoms with Crippen LogP contribution in [0.2, 0.25) is 0 Å². The second kappa shape index (κ2) is 4.92. The SMILES string of the molecule is CC(C)(C)OC(=O)C(C)(C#N)CCC=O. The van der Waals surface area contributed by atoms with E-state index in [4.69, 9.17) is 10.00 Å². The van der Waals surface area contributed by atoms with Crippen LogP contribution in [0.3, 0.4) is 0 Å². The Morgan fingerprint density at radius 2 is 1.93 bits per heavy atom. The van der Waals surface area contributed by atoms with Gasteiger partial charge in [0.2, 0.25) is 0 Å². The van der Waals surface area contributed by atoms with Crippen molar-refractivity contribution in [3.8, 4) is 6.07 Å². The first-order valence-corrected chi connectivity index (χ1v) is 4.83. The molecule has 0 heterocycles. The molecule has 0 rings (SSSR count). The molecule has 0 aliphatic heterocycles. The summed E-state index contributed by atoms with van der Waals surface area (Å²) in [6.45, 7) is 6.71. The number of aldehydes is 1. The van der Waals surface area contributed by atoms with Crippen LogP contribution in [0.4, 0.5) is 0 Å². The van der Waals surface area contributed by atoms with Gasteiger partial charge in [-0.15, -0.1) is 0 Å². The number of ether oxygens (including phenoxy) is 1. The number of hydrogen-bond donors (Lipinski definition) is 0. The molecule has 0 fully saturated rings. The van der Waals surface area contributed by atoms with Crippen molar-refractivity contribution in [3.05, 3.63) is 0 Å². The van der Waals surface area contributed by atoms with Gasteiger partial charge in [-0.1, -0.05) is 0 Å². The molecule has 84 valence electrons. The van der Waals surface area contributed by atoms with Crippen LogP contribution in [0.5, 0.6) is 0 Å². The predicted molar refractivity (Wildman–Crippen MR) is 54.9 cm³/mol. The summed E-state index contributed by atoms with van der Waals surface area (Å²) in [5, 5.41) is 8.91. The largest absolute Gasteiger partial charge is 0.459 e. The Kier molecular flexibility index (Phi) is 4.47. The molecule has 0 aromatic rings. The number of carbonyl (C=O) groups excluding carboxylic acids is 2.